The molecule has 1 atom stereocenters. The molecule has 5 heteroatoms. The average Bonchev–Trinajstić information content (AvgIpc) is 2.68. The maximum absolute atomic E-state index is 12.6. The van der Waals surface area contributed by atoms with E-state index in [-0.39, 0.29) is 12.1 Å². The van der Waals surface area contributed by atoms with E-state index in [9.17, 15) is 4.79 Å². The van der Waals surface area contributed by atoms with Crippen LogP contribution in [0.4, 0.5) is 10.5 Å². The number of hydrogen-bond donors (Lipinski definition) is 1. The van der Waals surface area contributed by atoms with Crippen LogP contribution < -0.4 is 15.0 Å². The number of nitrogens with one attached hydrogen (secondary N) is 1. The van der Waals surface area contributed by atoms with Crippen LogP contribution in [0.1, 0.15) is 24.1 Å². The molecule has 3 rings (SSSR count). The molecule has 1 aliphatic rings. The summed E-state index contributed by atoms with van der Waals surface area (Å²) in [4.78, 5) is 16.8. The van der Waals surface area contributed by atoms with E-state index in [0.717, 1.165) is 30.1 Å². The van der Waals surface area contributed by atoms with Gasteiger partial charge in [0, 0.05) is 26.2 Å². The van der Waals surface area contributed by atoms with Crippen LogP contribution in [-0.2, 0) is 0 Å². The highest BCUT2D eigenvalue weighted by Gasteiger charge is 2.24. The molecule has 1 saturated heterocycles. The Labute approximate surface area is 155 Å². The third-order valence-electron chi connectivity index (χ3n) is 4.99. The first kappa shape index (κ1) is 18.1. The monoisotopic (exact) mass is 353 g/mol. The van der Waals surface area contributed by atoms with Crippen molar-refractivity contribution in [1.82, 2.24) is 10.2 Å². The highest BCUT2D eigenvalue weighted by atomic mass is 16.5. The Kier molecular flexibility index (Phi) is 5.66. The Hall–Kier alpha value is -2.69. The number of urea groups is 1. The number of rotatable bonds is 4. The third-order valence-corrected chi connectivity index (χ3v) is 4.99. The molecule has 1 unspecified atom stereocenters. The SMILES string of the molecule is COc1ccccc1N1CCN(C(=O)NC(C)c2ccccc2C)CC1. The molecule has 2 aromatic carbocycles. The number of amides is 2. The van der Waals surface area contributed by atoms with Gasteiger partial charge in [0.25, 0.3) is 0 Å². The van der Waals surface area contributed by atoms with E-state index >= 15 is 0 Å². The van der Waals surface area contributed by atoms with Gasteiger partial charge in [0.15, 0.2) is 0 Å². The van der Waals surface area contributed by atoms with Gasteiger partial charge < -0.3 is 19.9 Å². The quantitative estimate of drug-likeness (QED) is 0.913. The molecule has 0 bridgehead atoms. The van der Waals surface area contributed by atoms with Crippen molar-refractivity contribution in [2.24, 2.45) is 0 Å². The maximum atomic E-state index is 12.6. The second-order valence-electron chi connectivity index (χ2n) is 6.67. The summed E-state index contributed by atoms with van der Waals surface area (Å²) in [6.07, 6.45) is 0. The van der Waals surface area contributed by atoms with Crippen LogP contribution in [0, 0.1) is 6.92 Å². The zero-order chi connectivity index (χ0) is 18.5. The number of carbonyl (C=O) groups excluding carboxylic acids is 1. The zero-order valence-electron chi connectivity index (χ0n) is 15.7. The van der Waals surface area contributed by atoms with Crippen molar-refractivity contribution < 1.29 is 9.53 Å². The van der Waals surface area contributed by atoms with E-state index < -0.39 is 0 Å². The molecule has 0 aliphatic carbocycles. The van der Waals surface area contributed by atoms with Gasteiger partial charge >= 0.3 is 6.03 Å². The van der Waals surface area contributed by atoms with E-state index in [1.165, 1.54) is 5.56 Å². The van der Waals surface area contributed by atoms with Gasteiger partial charge in [-0.15, -0.1) is 0 Å². The average molecular weight is 353 g/mol. The number of piperazine rings is 1. The predicted octanol–water partition coefficient (Wildman–Crippen LogP) is 3.60. The lowest BCUT2D eigenvalue weighted by atomic mass is 10.0. The molecule has 1 fully saturated rings. The van der Waals surface area contributed by atoms with Crippen LogP contribution in [0.25, 0.3) is 0 Å². The molecule has 0 spiro atoms. The van der Waals surface area contributed by atoms with Gasteiger partial charge in [-0.25, -0.2) is 4.79 Å². The summed E-state index contributed by atoms with van der Waals surface area (Å²) in [5, 5.41) is 3.13. The van der Waals surface area contributed by atoms with Crippen molar-refractivity contribution in [3.05, 3.63) is 59.7 Å². The number of anilines is 1. The van der Waals surface area contributed by atoms with Crippen molar-refractivity contribution in [1.29, 1.82) is 0 Å². The molecule has 0 aromatic heterocycles. The first-order valence-electron chi connectivity index (χ1n) is 9.09. The van der Waals surface area contributed by atoms with Gasteiger partial charge in [0.05, 0.1) is 18.8 Å². The molecule has 1 N–H and O–H groups in total. The fourth-order valence-corrected chi connectivity index (χ4v) is 3.47. The lowest BCUT2D eigenvalue weighted by molar-refractivity contribution is 0.191. The van der Waals surface area contributed by atoms with Crippen LogP contribution in [-0.4, -0.2) is 44.2 Å². The van der Waals surface area contributed by atoms with Gasteiger partial charge in [0.1, 0.15) is 5.75 Å². The number of methoxy groups -OCH3 is 1. The van der Waals surface area contributed by atoms with Gasteiger partial charge in [0.2, 0.25) is 0 Å². The number of ether oxygens (including phenoxy) is 1. The molecular formula is C21H27N3O2. The molecule has 138 valence electrons. The smallest absolute Gasteiger partial charge is 0.317 e. The topological polar surface area (TPSA) is 44.8 Å². The van der Waals surface area contributed by atoms with E-state index in [1.807, 2.05) is 42.2 Å². The summed E-state index contributed by atoms with van der Waals surface area (Å²) in [5.74, 6) is 0.874. The Morgan fingerprint density at radius 2 is 1.69 bits per heavy atom. The van der Waals surface area contributed by atoms with E-state index in [0.29, 0.717) is 13.1 Å². The Morgan fingerprint density at radius 1 is 1.04 bits per heavy atom. The summed E-state index contributed by atoms with van der Waals surface area (Å²) in [6, 6.07) is 16.2. The highest BCUT2D eigenvalue weighted by Crippen LogP contribution is 2.28. The minimum Gasteiger partial charge on any atom is -0.495 e. The van der Waals surface area contributed by atoms with Gasteiger partial charge in [-0.3, -0.25) is 0 Å². The third kappa shape index (κ3) is 3.93. The summed E-state index contributed by atoms with van der Waals surface area (Å²) in [7, 11) is 1.69. The van der Waals surface area contributed by atoms with Crippen molar-refractivity contribution in [2.75, 3.05) is 38.2 Å². The molecule has 0 saturated carbocycles. The normalized spacial score (nSPS) is 15.5. The summed E-state index contributed by atoms with van der Waals surface area (Å²) in [6.45, 7) is 7.10. The molecule has 0 radical (unpaired) electrons. The van der Waals surface area contributed by atoms with E-state index in [2.05, 4.69) is 35.3 Å². The van der Waals surface area contributed by atoms with Crippen LogP contribution in [0.2, 0.25) is 0 Å². The standard InChI is InChI=1S/C21H27N3O2/c1-16-8-4-5-9-18(16)17(2)22-21(25)24-14-12-23(13-15-24)19-10-6-7-11-20(19)26-3/h4-11,17H,12-15H2,1-3H3,(H,22,25). The van der Waals surface area contributed by atoms with Crippen LogP contribution >= 0.6 is 0 Å². The first-order valence-corrected chi connectivity index (χ1v) is 9.09. The Balaban J connectivity index is 1.58. The largest absolute Gasteiger partial charge is 0.495 e. The van der Waals surface area contributed by atoms with Crippen molar-refractivity contribution in [3.63, 3.8) is 0 Å². The zero-order valence-corrected chi connectivity index (χ0v) is 15.7. The first-order chi connectivity index (χ1) is 12.6. The van der Waals surface area contributed by atoms with Gasteiger partial charge in [-0.1, -0.05) is 36.4 Å². The number of benzene rings is 2. The fourth-order valence-electron chi connectivity index (χ4n) is 3.47. The number of para-hydroxylation sites is 2. The van der Waals surface area contributed by atoms with Crippen LogP contribution in [0.3, 0.4) is 0 Å². The summed E-state index contributed by atoms with van der Waals surface area (Å²) < 4.78 is 5.45. The van der Waals surface area contributed by atoms with Crippen LogP contribution in [0.5, 0.6) is 5.75 Å². The molecule has 26 heavy (non-hydrogen) atoms. The molecule has 1 aliphatic heterocycles. The lowest BCUT2D eigenvalue weighted by Crippen LogP contribution is -2.52. The summed E-state index contributed by atoms with van der Waals surface area (Å²) in [5.41, 5.74) is 3.44. The number of hydrogen-bond acceptors (Lipinski definition) is 3. The second-order valence-corrected chi connectivity index (χ2v) is 6.67. The lowest BCUT2D eigenvalue weighted by Gasteiger charge is -2.37. The minimum atomic E-state index is -0.00375. The maximum Gasteiger partial charge on any atom is 0.317 e. The molecule has 2 aromatic rings. The molecule has 5 nitrogen and oxygen atoms in total. The Bertz CT molecular complexity index is 754. The minimum absolute atomic E-state index is 0.000398. The van der Waals surface area contributed by atoms with Crippen molar-refractivity contribution in [3.8, 4) is 5.75 Å². The molecular weight excluding hydrogens is 326 g/mol. The second kappa shape index (κ2) is 8.13. The predicted molar refractivity (Wildman–Crippen MR) is 105 cm³/mol. The van der Waals surface area contributed by atoms with Crippen molar-refractivity contribution in [2.45, 2.75) is 19.9 Å². The van der Waals surface area contributed by atoms with Gasteiger partial charge in [-0.2, -0.15) is 0 Å². The number of nitrogens with zero attached hydrogens (tertiary/aromatic N) is 2. The van der Waals surface area contributed by atoms with E-state index in [4.69, 9.17) is 4.74 Å². The number of aryl methyl sites for hydroxylation is 1. The molecule has 1 heterocycles. The van der Waals surface area contributed by atoms with Crippen LogP contribution in [0.15, 0.2) is 48.5 Å². The molecule has 2 amide bonds. The van der Waals surface area contributed by atoms with Gasteiger partial charge in [-0.05, 0) is 37.1 Å². The summed E-state index contributed by atoms with van der Waals surface area (Å²) >= 11 is 0. The fraction of sp³-hybridized carbons (Fsp3) is 0.381. The Morgan fingerprint density at radius 3 is 2.38 bits per heavy atom. The van der Waals surface area contributed by atoms with E-state index in [1.54, 1.807) is 7.11 Å². The number of carbonyl (C=O) groups is 1. The highest BCUT2D eigenvalue weighted by molar-refractivity contribution is 5.75. The van der Waals surface area contributed by atoms with Crippen molar-refractivity contribution >= 4 is 11.7 Å².